The van der Waals surface area contributed by atoms with Gasteiger partial charge in [-0.2, -0.15) is 0 Å². The number of amides is 2. The Labute approximate surface area is 157 Å². The van der Waals surface area contributed by atoms with E-state index in [9.17, 15) is 14.0 Å². The number of hydrogen-bond acceptors (Lipinski definition) is 3. The number of aryl methyl sites for hydroxylation is 2. The third-order valence-electron chi connectivity index (χ3n) is 5.04. The van der Waals surface area contributed by atoms with Gasteiger partial charge in [-0.1, -0.05) is 30.7 Å². The van der Waals surface area contributed by atoms with Gasteiger partial charge in [0.25, 0.3) is 5.91 Å². The summed E-state index contributed by atoms with van der Waals surface area (Å²) in [5.74, 6) is -0.540. The predicted octanol–water partition coefficient (Wildman–Crippen LogP) is 3.09. The number of rotatable bonds is 5. The lowest BCUT2D eigenvalue weighted by Gasteiger charge is -2.40. The molecule has 6 heteroatoms. The van der Waals surface area contributed by atoms with Crippen LogP contribution in [0.4, 0.5) is 4.39 Å². The molecule has 2 N–H and O–H groups in total. The van der Waals surface area contributed by atoms with Gasteiger partial charge in [0, 0.05) is 0 Å². The fourth-order valence-corrected chi connectivity index (χ4v) is 3.25. The number of hydrazine groups is 1. The quantitative estimate of drug-likeness (QED) is 0.795. The molecule has 0 spiro atoms. The van der Waals surface area contributed by atoms with Crippen molar-refractivity contribution >= 4 is 11.8 Å². The SMILES string of the molecule is Cc1ccc(C)c(OCC(=O)NNC(=O)C2(c3cccc(F)c3)CCC2)c1. The summed E-state index contributed by atoms with van der Waals surface area (Å²) in [7, 11) is 0. The van der Waals surface area contributed by atoms with Crippen LogP contribution in [0.15, 0.2) is 42.5 Å². The smallest absolute Gasteiger partial charge is 0.276 e. The third kappa shape index (κ3) is 4.10. The van der Waals surface area contributed by atoms with E-state index in [-0.39, 0.29) is 18.3 Å². The number of carbonyl (C=O) groups excluding carboxylic acids is 2. The van der Waals surface area contributed by atoms with Crippen LogP contribution in [0.5, 0.6) is 5.75 Å². The van der Waals surface area contributed by atoms with E-state index in [1.807, 2.05) is 32.0 Å². The summed E-state index contributed by atoms with van der Waals surface area (Å²) in [6.45, 7) is 3.63. The standard InChI is InChI=1S/C21H23FN2O3/c1-14-7-8-15(2)18(11-14)27-13-19(25)23-24-20(26)21(9-4-10-21)16-5-3-6-17(22)12-16/h3,5-8,11-12H,4,9-10,13H2,1-2H3,(H,23,25)(H,24,26). The normalized spacial score (nSPS) is 14.8. The molecule has 1 aliphatic rings. The minimum atomic E-state index is -0.788. The summed E-state index contributed by atoms with van der Waals surface area (Å²) in [5.41, 5.74) is 6.66. The van der Waals surface area contributed by atoms with Crippen LogP contribution in [0.25, 0.3) is 0 Å². The number of hydrogen-bond donors (Lipinski definition) is 2. The monoisotopic (exact) mass is 370 g/mol. The van der Waals surface area contributed by atoms with Gasteiger partial charge in [0.15, 0.2) is 6.61 Å². The minimum absolute atomic E-state index is 0.211. The van der Waals surface area contributed by atoms with Gasteiger partial charge < -0.3 is 4.74 Å². The molecule has 0 unspecified atom stereocenters. The molecule has 0 aliphatic heterocycles. The highest BCUT2D eigenvalue weighted by Gasteiger charge is 2.46. The lowest BCUT2D eigenvalue weighted by atomic mass is 9.64. The molecule has 2 amide bonds. The maximum absolute atomic E-state index is 13.5. The molecule has 2 aromatic carbocycles. The van der Waals surface area contributed by atoms with E-state index in [4.69, 9.17) is 4.74 Å². The Balaban J connectivity index is 1.56. The first-order chi connectivity index (χ1) is 12.9. The maximum atomic E-state index is 13.5. The van der Waals surface area contributed by atoms with Gasteiger partial charge in [0.1, 0.15) is 11.6 Å². The van der Waals surface area contributed by atoms with Crippen molar-refractivity contribution in [2.24, 2.45) is 0 Å². The number of carbonyl (C=O) groups is 2. The lowest BCUT2D eigenvalue weighted by Crippen LogP contribution is -2.55. The van der Waals surface area contributed by atoms with Gasteiger partial charge in [0.05, 0.1) is 5.41 Å². The molecule has 1 fully saturated rings. The van der Waals surface area contributed by atoms with E-state index in [0.717, 1.165) is 17.5 Å². The van der Waals surface area contributed by atoms with Crippen molar-refractivity contribution in [1.82, 2.24) is 10.9 Å². The summed E-state index contributed by atoms with van der Waals surface area (Å²) in [5, 5.41) is 0. The van der Waals surface area contributed by atoms with Crippen LogP contribution >= 0.6 is 0 Å². The van der Waals surface area contributed by atoms with Gasteiger partial charge in [-0.15, -0.1) is 0 Å². The molecule has 0 saturated heterocycles. The highest BCUT2D eigenvalue weighted by Crippen LogP contribution is 2.44. The van der Waals surface area contributed by atoms with Crippen LogP contribution in [0.2, 0.25) is 0 Å². The zero-order valence-corrected chi connectivity index (χ0v) is 15.5. The Bertz CT molecular complexity index is 862. The Morgan fingerprint density at radius 1 is 1.11 bits per heavy atom. The van der Waals surface area contributed by atoms with Gasteiger partial charge in [-0.25, -0.2) is 4.39 Å². The van der Waals surface area contributed by atoms with Crippen molar-refractivity contribution in [1.29, 1.82) is 0 Å². The van der Waals surface area contributed by atoms with Crippen LogP contribution in [0.3, 0.4) is 0 Å². The summed E-state index contributed by atoms with van der Waals surface area (Å²) in [4.78, 5) is 24.7. The van der Waals surface area contributed by atoms with Gasteiger partial charge in [-0.05, 0) is 61.6 Å². The molecule has 2 aromatic rings. The first kappa shape index (κ1) is 18.9. The summed E-state index contributed by atoms with van der Waals surface area (Å²) >= 11 is 0. The van der Waals surface area contributed by atoms with E-state index >= 15 is 0 Å². The van der Waals surface area contributed by atoms with Crippen molar-refractivity contribution in [2.45, 2.75) is 38.5 Å². The minimum Gasteiger partial charge on any atom is -0.483 e. The molecule has 1 aliphatic carbocycles. The van der Waals surface area contributed by atoms with Crippen molar-refractivity contribution in [3.8, 4) is 5.75 Å². The van der Waals surface area contributed by atoms with Crippen molar-refractivity contribution in [3.05, 3.63) is 65.0 Å². The Morgan fingerprint density at radius 3 is 2.56 bits per heavy atom. The van der Waals surface area contributed by atoms with E-state index in [0.29, 0.717) is 24.2 Å². The molecule has 1 saturated carbocycles. The fourth-order valence-electron chi connectivity index (χ4n) is 3.25. The van der Waals surface area contributed by atoms with Crippen molar-refractivity contribution < 1.29 is 18.7 Å². The van der Waals surface area contributed by atoms with Gasteiger partial charge in [-0.3, -0.25) is 20.4 Å². The zero-order chi connectivity index (χ0) is 19.4. The third-order valence-corrected chi connectivity index (χ3v) is 5.04. The molecule has 3 rings (SSSR count). The molecule has 5 nitrogen and oxygen atoms in total. The van der Waals surface area contributed by atoms with Crippen LogP contribution in [0.1, 0.15) is 36.0 Å². The van der Waals surface area contributed by atoms with Crippen molar-refractivity contribution in [3.63, 3.8) is 0 Å². The molecule has 0 bridgehead atoms. The Morgan fingerprint density at radius 2 is 1.89 bits per heavy atom. The van der Waals surface area contributed by atoms with E-state index in [1.165, 1.54) is 12.1 Å². The number of nitrogens with one attached hydrogen (secondary N) is 2. The first-order valence-corrected chi connectivity index (χ1v) is 8.96. The molecular formula is C21H23FN2O3. The van der Waals surface area contributed by atoms with E-state index in [2.05, 4.69) is 10.9 Å². The topological polar surface area (TPSA) is 67.4 Å². The largest absolute Gasteiger partial charge is 0.483 e. The molecular weight excluding hydrogens is 347 g/mol. The average molecular weight is 370 g/mol. The summed E-state index contributed by atoms with van der Waals surface area (Å²) in [6, 6.07) is 11.8. The summed E-state index contributed by atoms with van der Waals surface area (Å²) in [6.07, 6.45) is 2.13. The van der Waals surface area contributed by atoms with Crippen LogP contribution in [-0.4, -0.2) is 18.4 Å². The lowest BCUT2D eigenvalue weighted by molar-refractivity contribution is -0.135. The highest BCUT2D eigenvalue weighted by atomic mass is 19.1. The average Bonchev–Trinajstić information content (AvgIpc) is 2.60. The number of halogens is 1. The van der Waals surface area contributed by atoms with Crippen molar-refractivity contribution in [2.75, 3.05) is 6.61 Å². The molecule has 0 radical (unpaired) electrons. The van der Waals surface area contributed by atoms with Crippen LogP contribution < -0.4 is 15.6 Å². The Kier molecular flexibility index (Phi) is 5.44. The molecule has 27 heavy (non-hydrogen) atoms. The van der Waals surface area contributed by atoms with Crippen LogP contribution in [-0.2, 0) is 15.0 Å². The molecule has 0 heterocycles. The molecule has 0 aromatic heterocycles. The fraction of sp³-hybridized carbons (Fsp3) is 0.333. The highest BCUT2D eigenvalue weighted by molar-refractivity contribution is 5.91. The van der Waals surface area contributed by atoms with Gasteiger partial charge in [0.2, 0.25) is 5.91 Å². The first-order valence-electron chi connectivity index (χ1n) is 8.96. The van der Waals surface area contributed by atoms with E-state index in [1.54, 1.807) is 12.1 Å². The Hall–Kier alpha value is -2.89. The maximum Gasteiger partial charge on any atom is 0.276 e. The second-order valence-electron chi connectivity index (χ2n) is 7.01. The number of ether oxygens (including phenoxy) is 1. The second kappa shape index (κ2) is 7.78. The number of benzene rings is 2. The zero-order valence-electron chi connectivity index (χ0n) is 15.5. The molecule has 142 valence electrons. The van der Waals surface area contributed by atoms with E-state index < -0.39 is 11.3 Å². The van der Waals surface area contributed by atoms with Crippen LogP contribution in [0, 0.1) is 19.7 Å². The second-order valence-corrected chi connectivity index (χ2v) is 7.01. The van der Waals surface area contributed by atoms with Gasteiger partial charge >= 0.3 is 0 Å². The summed E-state index contributed by atoms with van der Waals surface area (Å²) < 4.78 is 19.1. The molecule has 0 atom stereocenters. The predicted molar refractivity (Wildman–Crippen MR) is 99.6 cm³/mol.